The molecule has 0 heterocycles. The zero-order valence-electron chi connectivity index (χ0n) is 21.3. The fourth-order valence-corrected chi connectivity index (χ4v) is 9.16. The van der Waals surface area contributed by atoms with E-state index in [2.05, 4.69) is 46.8 Å². The van der Waals surface area contributed by atoms with E-state index in [-0.39, 0.29) is 47.2 Å². The lowest BCUT2D eigenvalue weighted by Gasteiger charge is -2.63. The minimum absolute atomic E-state index is 0.0336. The third-order valence-electron chi connectivity index (χ3n) is 11.3. The summed E-state index contributed by atoms with van der Waals surface area (Å²) in [4.78, 5) is 0. The summed E-state index contributed by atoms with van der Waals surface area (Å²) in [6.45, 7) is 11.3. The minimum Gasteiger partial charge on any atom is -0.396 e. The summed E-state index contributed by atoms with van der Waals surface area (Å²) >= 11 is 0. The minimum atomic E-state index is -0.859. The van der Waals surface area contributed by atoms with E-state index in [0.717, 1.165) is 25.7 Å². The maximum atomic E-state index is 11.4. The van der Waals surface area contributed by atoms with Crippen LogP contribution >= 0.6 is 0 Å². The molecule has 4 fully saturated rings. The van der Waals surface area contributed by atoms with Gasteiger partial charge in [-0.3, -0.25) is 0 Å². The molecule has 0 aromatic heterocycles. The van der Waals surface area contributed by atoms with Crippen molar-refractivity contribution in [2.75, 3.05) is 6.61 Å². The van der Waals surface area contributed by atoms with E-state index in [1.165, 1.54) is 0 Å². The molecule has 5 N–H and O–H groups in total. The Labute approximate surface area is 200 Å². The summed E-state index contributed by atoms with van der Waals surface area (Å²) in [6.07, 6.45) is 6.93. The highest BCUT2D eigenvalue weighted by Gasteiger charge is 2.65. The lowest BCUT2D eigenvalue weighted by Crippen LogP contribution is -2.63. The highest BCUT2D eigenvalue weighted by Crippen LogP contribution is 2.68. The predicted molar refractivity (Wildman–Crippen MR) is 129 cm³/mol. The molecule has 5 nitrogen and oxygen atoms in total. The molecular formula is C28H48O5. The Balaban J connectivity index is 1.57. The van der Waals surface area contributed by atoms with E-state index < -0.39 is 18.3 Å². The molecule has 0 bridgehead atoms. The first kappa shape index (κ1) is 25.6. The van der Waals surface area contributed by atoms with Crippen LogP contribution in [0.5, 0.6) is 0 Å². The van der Waals surface area contributed by atoms with Crippen molar-refractivity contribution in [3.05, 3.63) is 12.2 Å². The van der Waals surface area contributed by atoms with Crippen molar-refractivity contribution >= 4 is 0 Å². The molecule has 4 aliphatic carbocycles. The normalized spacial score (nSPS) is 52.6. The quantitative estimate of drug-likeness (QED) is 0.402. The van der Waals surface area contributed by atoms with Gasteiger partial charge in [0.15, 0.2) is 0 Å². The second-order valence-corrected chi connectivity index (χ2v) is 12.9. The van der Waals surface area contributed by atoms with Gasteiger partial charge in [-0.25, -0.2) is 0 Å². The van der Waals surface area contributed by atoms with Gasteiger partial charge in [-0.2, -0.15) is 0 Å². The van der Waals surface area contributed by atoms with Crippen molar-refractivity contribution in [1.82, 2.24) is 0 Å². The van der Waals surface area contributed by atoms with Gasteiger partial charge in [-0.05, 0) is 90.8 Å². The van der Waals surface area contributed by atoms with Gasteiger partial charge in [-0.15, -0.1) is 0 Å². The van der Waals surface area contributed by atoms with Crippen LogP contribution in [-0.2, 0) is 0 Å². The van der Waals surface area contributed by atoms with Gasteiger partial charge in [0.25, 0.3) is 0 Å². The van der Waals surface area contributed by atoms with Crippen LogP contribution in [0.25, 0.3) is 0 Å². The standard InChI is InChI=1S/C28H48O5/c1-15(17(3)14-29)6-7-16(2)20-13-23(32)24-18-12-22(31)25-26(33)21(30)9-11-27(25,4)19(18)8-10-28(20,24)5/h6-7,15-26,29-33H,8-14H2,1-5H3/b7-6+/t15-,16+,17-,18-,19+,20-,21+,22+,23-,24-,25+,26+,27-,28-/m1/s1. The van der Waals surface area contributed by atoms with E-state index in [9.17, 15) is 25.5 Å². The Morgan fingerprint density at radius 2 is 1.45 bits per heavy atom. The van der Waals surface area contributed by atoms with Gasteiger partial charge in [-0.1, -0.05) is 46.8 Å². The van der Waals surface area contributed by atoms with Crippen LogP contribution in [0.4, 0.5) is 0 Å². The van der Waals surface area contributed by atoms with Crippen molar-refractivity contribution in [3.63, 3.8) is 0 Å². The first-order chi connectivity index (χ1) is 15.5. The van der Waals surface area contributed by atoms with E-state index >= 15 is 0 Å². The molecule has 4 aliphatic rings. The molecule has 0 aliphatic heterocycles. The van der Waals surface area contributed by atoms with Crippen LogP contribution in [-0.4, -0.2) is 56.6 Å². The van der Waals surface area contributed by atoms with Crippen molar-refractivity contribution < 1.29 is 25.5 Å². The monoisotopic (exact) mass is 464 g/mol. The SMILES string of the molecule is C[C@H](/C=C/[C@H](C)[C@H]1C[C@@H](O)[C@H]2[C@@H]3C[C@H](O)[C@H]4[C@@H](O)[C@@H](O)CC[C@]4(C)[C@H]3CC[C@@]21C)[C@H](C)CO. The van der Waals surface area contributed by atoms with Gasteiger partial charge >= 0.3 is 0 Å². The fraction of sp³-hybridized carbons (Fsp3) is 0.929. The molecule has 14 atom stereocenters. The van der Waals surface area contributed by atoms with Gasteiger partial charge in [0, 0.05) is 12.5 Å². The molecule has 4 saturated carbocycles. The molecule has 33 heavy (non-hydrogen) atoms. The highest BCUT2D eigenvalue weighted by molar-refractivity contribution is 5.15. The molecular weight excluding hydrogens is 416 g/mol. The first-order valence-electron chi connectivity index (χ1n) is 13.5. The fourth-order valence-electron chi connectivity index (χ4n) is 9.16. The van der Waals surface area contributed by atoms with Crippen molar-refractivity contribution in [1.29, 1.82) is 0 Å². The Morgan fingerprint density at radius 3 is 2.12 bits per heavy atom. The molecule has 0 aromatic carbocycles. The Morgan fingerprint density at radius 1 is 0.818 bits per heavy atom. The van der Waals surface area contributed by atoms with Crippen molar-refractivity contribution in [2.45, 2.75) is 97.6 Å². The number of allylic oxidation sites excluding steroid dienone is 2. The number of hydrogen-bond donors (Lipinski definition) is 5. The Kier molecular flexibility index (Phi) is 7.15. The molecule has 5 heteroatoms. The smallest absolute Gasteiger partial charge is 0.0857 e. The number of rotatable bonds is 5. The Hall–Kier alpha value is -0.460. The number of hydrogen-bond acceptors (Lipinski definition) is 5. The lowest BCUT2D eigenvalue weighted by atomic mass is 9.43. The van der Waals surface area contributed by atoms with E-state index in [1.54, 1.807) is 0 Å². The van der Waals surface area contributed by atoms with Gasteiger partial charge in [0.05, 0.1) is 24.4 Å². The van der Waals surface area contributed by atoms with Crippen LogP contribution in [0.15, 0.2) is 12.2 Å². The summed E-state index contributed by atoms with van der Waals surface area (Å²) in [5.41, 5.74) is -0.159. The van der Waals surface area contributed by atoms with Gasteiger partial charge < -0.3 is 25.5 Å². The lowest BCUT2D eigenvalue weighted by molar-refractivity contribution is -0.217. The number of aliphatic hydroxyl groups excluding tert-OH is 5. The van der Waals surface area contributed by atoms with Crippen molar-refractivity contribution in [2.24, 2.45) is 58.2 Å². The largest absolute Gasteiger partial charge is 0.396 e. The summed E-state index contributed by atoms with van der Waals surface area (Å²) < 4.78 is 0. The maximum absolute atomic E-state index is 11.4. The second kappa shape index (κ2) is 9.20. The van der Waals surface area contributed by atoms with Gasteiger partial charge in [0.2, 0.25) is 0 Å². The van der Waals surface area contributed by atoms with Crippen molar-refractivity contribution in [3.8, 4) is 0 Å². The van der Waals surface area contributed by atoms with Crippen LogP contribution in [0.3, 0.4) is 0 Å². The van der Waals surface area contributed by atoms with Crippen LogP contribution in [0, 0.1) is 58.2 Å². The zero-order chi connectivity index (χ0) is 24.3. The summed E-state index contributed by atoms with van der Waals surface area (Å²) in [5.74, 6) is 1.82. The second-order valence-electron chi connectivity index (χ2n) is 12.9. The average molecular weight is 465 g/mol. The molecule has 0 radical (unpaired) electrons. The summed E-state index contributed by atoms with van der Waals surface area (Å²) in [5, 5.41) is 53.1. The molecule has 0 spiro atoms. The van der Waals surface area contributed by atoms with Crippen LogP contribution < -0.4 is 0 Å². The van der Waals surface area contributed by atoms with E-state index in [4.69, 9.17) is 0 Å². The zero-order valence-corrected chi connectivity index (χ0v) is 21.3. The predicted octanol–water partition coefficient (Wildman–Crippen LogP) is 3.38. The maximum Gasteiger partial charge on any atom is 0.0857 e. The molecule has 190 valence electrons. The number of fused-ring (bicyclic) bond motifs is 5. The molecule has 0 amide bonds. The topological polar surface area (TPSA) is 101 Å². The van der Waals surface area contributed by atoms with Crippen LogP contribution in [0.1, 0.15) is 73.1 Å². The Bertz CT molecular complexity index is 725. The van der Waals surface area contributed by atoms with E-state index in [1.807, 2.05) is 0 Å². The highest BCUT2D eigenvalue weighted by atomic mass is 16.3. The number of aliphatic hydroxyl groups is 5. The third kappa shape index (κ3) is 4.04. The summed E-state index contributed by atoms with van der Waals surface area (Å²) in [7, 11) is 0. The third-order valence-corrected chi connectivity index (χ3v) is 11.3. The first-order valence-corrected chi connectivity index (χ1v) is 13.5. The average Bonchev–Trinajstić information content (AvgIpc) is 3.04. The molecule has 4 rings (SSSR count). The van der Waals surface area contributed by atoms with Crippen LogP contribution in [0.2, 0.25) is 0 Å². The van der Waals surface area contributed by atoms with Gasteiger partial charge in [0.1, 0.15) is 0 Å². The molecule has 0 aromatic rings. The molecule has 0 saturated heterocycles. The summed E-state index contributed by atoms with van der Waals surface area (Å²) in [6, 6.07) is 0. The van der Waals surface area contributed by atoms with E-state index in [0.29, 0.717) is 36.5 Å². The molecule has 0 unspecified atom stereocenters.